The van der Waals surface area contributed by atoms with Crippen LogP contribution >= 0.6 is 0 Å². The van der Waals surface area contributed by atoms with Crippen LogP contribution in [0.1, 0.15) is 38.3 Å². The zero-order valence-corrected chi connectivity index (χ0v) is 20.3. The first kappa shape index (κ1) is 23.6. The summed E-state index contributed by atoms with van der Waals surface area (Å²) in [7, 11) is -3.67. The zero-order chi connectivity index (χ0) is 22.6. The molecule has 1 atom stereocenters. The minimum absolute atomic E-state index is 0.201. The van der Waals surface area contributed by atoms with E-state index in [1.54, 1.807) is 28.6 Å². The van der Waals surface area contributed by atoms with Gasteiger partial charge in [0, 0.05) is 19.0 Å². The maximum absolute atomic E-state index is 13.5. The average molecular weight is 445 g/mol. The minimum atomic E-state index is -3.67. The van der Waals surface area contributed by atoms with Gasteiger partial charge in [-0.25, -0.2) is 8.42 Å². The van der Waals surface area contributed by atoms with Gasteiger partial charge in [-0.3, -0.25) is 4.31 Å². The Balaban J connectivity index is 1.77. The van der Waals surface area contributed by atoms with E-state index in [2.05, 4.69) is 11.8 Å². The van der Waals surface area contributed by atoms with Crippen molar-refractivity contribution in [1.29, 1.82) is 0 Å². The Kier molecular flexibility index (Phi) is 7.65. The maximum Gasteiger partial charge on any atom is 0.264 e. The van der Waals surface area contributed by atoms with E-state index in [-0.39, 0.29) is 5.92 Å². The van der Waals surface area contributed by atoms with E-state index in [1.807, 2.05) is 45.9 Å². The Morgan fingerprint density at radius 2 is 1.84 bits per heavy atom. The van der Waals surface area contributed by atoms with Crippen molar-refractivity contribution >= 4 is 15.7 Å². The van der Waals surface area contributed by atoms with Gasteiger partial charge in [-0.15, -0.1) is 0 Å². The monoisotopic (exact) mass is 444 g/mol. The molecule has 0 saturated carbocycles. The predicted octanol–water partition coefficient (Wildman–Crippen LogP) is 4.88. The summed E-state index contributed by atoms with van der Waals surface area (Å²) >= 11 is 0. The van der Waals surface area contributed by atoms with E-state index in [1.165, 1.54) is 0 Å². The van der Waals surface area contributed by atoms with Crippen molar-refractivity contribution in [2.45, 2.75) is 45.9 Å². The summed E-state index contributed by atoms with van der Waals surface area (Å²) in [5.41, 5.74) is 2.82. The molecule has 0 aliphatic carbocycles. The van der Waals surface area contributed by atoms with Crippen molar-refractivity contribution < 1.29 is 13.2 Å². The molecule has 1 heterocycles. The van der Waals surface area contributed by atoms with Gasteiger partial charge in [0.05, 0.1) is 17.2 Å². The summed E-state index contributed by atoms with van der Waals surface area (Å²) in [6.45, 7) is 14.6. The maximum atomic E-state index is 13.5. The molecule has 6 heteroatoms. The number of aryl methyl sites for hydroxylation is 2. The van der Waals surface area contributed by atoms with Crippen LogP contribution in [0.15, 0.2) is 47.4 Å². The summed E-state index contributed by atoms with van der Waals surface area (Å²) < 4.78 is 34.6. The van der Waals surface area contributed by atoms with Gasteiger partial charge < -0.3 is 9.64 Å². The molecular formula is C25H36N2O3S. The molecule has 1 fully saturated rings. The van der Waals surface area contributed by atoms with Crippen molar-refractivity contribution in [1.82, 2.24) is 4.90 Å². The van der Waals surface area contributed by atoms with E-state index in [0.29, 0.717) is 24.0 Å². The normalized spacial score (nSPS) is 17.3. The van der Waals surface area contributed by atoms with Crippen LogP contribution in [0, 0.1) is 25.7 Å². The highest BCUT2D eigenvalue weighted by Gasteiger charge is 2.27. The number of benzene rings is 2. The van der Waals surface area contributed by atoms with Gasteiger partial charge in [-0.1, -0.05) is 38.5 Å². The Morgan fingerprint density at radius 3 is 2.42 bits per heavy atom. The summed E-state index contributed by atoms with van der Waals surface area (Å²) in [6.07, 6.45) is 1.15. The van der Waals surface area contributed by atoms with Crippen molar-refractivity contribution in [3.05, 3.63) is 53.6 Å². The SMILES string of the molecule is CCN1CCC(COc2ccc(S(=O)(=O)N(CC(C)C)c3ccc(C)cc3C)cc2)C1. The number of nitrogens with zero attached hydrogens (tertiary/aromatic N) is 2. The van der Waals surface area contributed by atoms with Gasteiger partial charge in [-0.05, 0) is 75.2 Å². The average Bonchev–Trinajstić information content (AvgIpc) is 3.19. The molecular weight excluding hydrogens is 408 g/mol. The molecule has 170 valence electrons. The third kappa shape index (κ3) is 5.80. The van der Waals surface area contributed by atoms with Crippen LogP contribution in [0.25, 0.3) is 0 Å². The molecule has 5 nitrogen and oxygen atoms in total. The molecule has 2 aromatic rings. The van der Waals surface area contributed by atoms with Gasteiger partial charge in [-0.2, -0.15) is 0 Å². The fourth-order valence-electron chi connectivity index (χ4n) is 4.13. The third-order valence-electron chi connectivity index (χ3n) is 5.87. The summed E-state index contributed by atoms with van der Waals surface area (Å²) in [5, 5.41) is 0. The molecule has 1 unspecified atom stereocenters. The van der Waals surface area contributed by atoms with Crippen molar-refractivity contribution in [3.63, 3.8) is 0 Å². The van der Waals surface area contributed by atoms with E-state index in [9.17, 15) is 8.42 Å². The molecule has 1 aliphatic rings. The van der Waals surface area contributed by atoms with Crippen LogP contribution < -0.4 is 9.04 Å². The van der Waals surface area contributed by atoms with Crippen LogP contribution in [0.4, 0.5) is 5.69 Å². The molecule has 0 N–H and O–H groups in total. The molecule has 1 saturated heterocycles. The molecule has 31 heavy (non-hydrogen) atoms. The lowest BCUT2D eigenvalue weighted by atomic mass is 10.1. The van der Waals surface area contributed by atoms with Crippen LogP contribution in [-0.2, 0) is 10.0 Å². The lowest BCUT2D eigenvalue weighted by Gasteiger charge is -2.28. The highest BCUT2D eigenvalue weighted by atomic mass is 32.2. The fraction of sp³-hybridized carbons (Fsp3) is 0.520. The first-order valence-electron chi connectivity index (χ1n) is 11.3. The van der Waals surface area contributed by atoms with Gasteiger partial charge in [0.25, 0.3) is 10.0 Å². The molecule has 3 rings (SSSR count). The number of sulfonamides is 1. The van der Waals surface area contributed by atoms with Crippen LogP contribution in [0.3, 0.4) is 0 Å². The van der Waals surface area contributed by atoms with Crippen molar-refractivity contribution in [2.24, 2.45) is 11.8 Å². The van der Waals surface area contributed by atoms with Crippen molar-refractivity contribution in [2.75, 3.05) is 37.1 Å². The van der Waals surface area contributed by atoms with Crippen molar-refractivity contribution in [3.8, 4) is 5.75 Å². The third-order valence-corrected chi connectivity index (χ3v) is 7.66. The number of hydrogen-bond donors (Lipinski definition) is 0. The Bertz CT molecular complexity index is 971. The second-order valence-electron chi connectivity index (χ2n) is 9.05. The Hall–Kier alpha value is -2.05. The smallest absolute Gasteiger partial charge is 0.264 e. The van der Waals surface area contributed by atoms with Crippen LogP contribution in [0.2, 0.25) is 0 Å². The first-order valence-corrected chi connectivity index (χ1v) is 12.7. The summed E-state index contributed by atoms with van der Waals surface area (Å²) in [6, 6.07) is 12.8. The Morgan fingerprint density at radius 1 is 1.13 bits per heavy atom. The highest BCUT2D eigenvalue weighted by Crippen LogP contribution is 2.29. The number of likely N-dealkylation sites (tertiary alicyclic amines) is 1. The van der Waals surface area contributed by atoms with Gasteiger partial charge in [0.2, 0.25) is 0 Å². The van der Waals surface area contributed by atoms with Gasteiger partial charge >= 0.3 is 0 Å². The van der Waals surface area contributed by atoms with Crippen LogP contribution in [-0.4, -0.2) is 46.1 Å². The molecule has 0 amide bonds. The highest BCUT2D eigenvalue weighted by molar-refractivity contribution is 7.92. The number of rotatable bonds is 9. The second-order valence-corrected chi connectivity index (χ2v) is 10.9. The standard InChI is InChI=1S/C25H36N2O3S/c1-6-26-14-13-22(17-26)18-30-23-8-10-24(11-9-23)31(28,29)27(16-19(2)3)25-12-7-20(4)15-21(25)5/h7-12,15,19,22H,6,13-14,16-18H2,1-5H3. The molecule has 1 aliphatic heterocycles. The molecule has 0 bridgehead atoms. The minimum Gasteiger partial charge on any atom is -0.493 e. The van der Waals surface area contributed by atoms with E-state index >= 15 is 0 Å². The lowest BCUT2D eigenvalue weighted by Crippen LogP contribution is -2.34. The second kappa shape index (κ2) is 10.0. The van der Waals surface area contributed by atoms with Gasteiger partial charge in [0.1, 0.15) is 5.75 Å². The predicted molar refractivity (Wildman–Crippen MR) is 127 cm³/mol. The van der Waals surface area contributed by atoms with Crippen LogP contribution in [0.5, 0.6) is 5.75 Å². The molecule has 0 spiro atoms. The van der Waals surface area contributed by atoms with E-state index < -0.39 is 10.0 Å². The quantitative estimate of drug-likeness (QED) is 0.553. The summed E-state index contributed by atoms with van der Waals surface area (Å²) in [5.74, 6) is 1.46. The van der Waals surface area contributed by atoms with Gasteiger partial charge in [0.15, 0.2) is 0 Å². The number of ether oxygens (including phenoxy) is 1. The number of anilines is 1. The van der Waals surface area contributed by atoms with E-state index in [0.717, 1.165) is 48.6 Å². The first-order chi connectivity index (χ1) is 14.7. The lowest BCUT2D eigenvalue weighted by molar-refractivity contribution is 0.243. The number of hydrogen-bond acceptors (Lipinski definition) is 4. The largest absolute Gasteiger partial charge is 0.493 e. The fourth-order valence-corrected chi connectivity index (χ4v) is 5.82. The topological polar surface area (TPSA) is 49.9 Å². The zero-order valence-electron chi connectivity index (χ0n) is 19.5. The molecule has 2 aromatic carbocycles. The molecule has 0 aromatic heterocycles. The van der Waals surface area contributed by atoms with E-state index in [4.69, 9.17) is 4.74 Å². The molecule has 0 radical (unpaired) electrons. The summed E-state index contributed by atoms with van der Waals surface area (Å²) in [4.78, 5) is 2.72. The Labute approximate surface area is 188 Å².